The van der Waals surface area contributed by atoms with Crippen molar-refractivity contribution in [3.8, 4) is 0 Å². The first-order valence-electron chi connectivity index (χ1n) is 11.3. The second-order valence-corrected chi connectivity index (χ2v) is 14.1. The van der Waals surface area contributed by atoms with Crippen LogP contribution in [0.4, 0.5) is 0 Å². The predicted molar refractivity (Wildman–Crippen MR) is 148 cm³/mol. The van der Waals surface area contributed by atoms with E-state index in [0.717, 1.165) is 6.26 Å². The molecule has 3 rings (SSSR count). The number of benzene rings is 3. The number of sulfone groups is 1. The molecular formula is C26H26Cl2NO7PS. The molecule has 2 atom stereocenters. The molecule has 3 aromatic carbocycles. The maximum atomic E-state index is 13.3. The highest BCUT2D eigenvalue weighted by Crippen LogP contribution is 2.45. The van der Waals surface area contributed by atoms with E-state index in [1.54, 1.807) is 30.3 Å². The number of hydrogen-bond acceptors (Lipinski definition) is 6. The van der Waals surface area contributed by atoms with E-state index in [9.17, 15) is 27.7 Å². The van der Waals surface area contributed by atoms with Crippen molar-refractivity contribution < 1.29 is 32.2 Å². The van der Waals surface area contributed by atoms with Gasteiger partial charge >= 0.3 is 5.97 Å². The van der Waals surface area contributed by atoms with Gasteiger partial charge in [-0.25, -0.2) is 13.2 Å². The van der Waals surface area contributed by atoms with Crippen molar-refractivity contribution in [2.45, 2.75) is 23.8 Å². The normalized spacial score (nSPS) is 13.9. The summed E-state index contributed by atoms with van der Waals surface area (Å²) in [6.45, 7) is 0. The molecule has 0 aliphatic rings. The first kappa shape index (κ1) is 29.9. The minimum Gasteiger partial charge on any atom is -0.480 e. The SMILES string of the molecule is COP(=O)(CCc1cc(Cl)c(C(=O)NC(Cc2cccc(S(C)(=O)=O)c2)C(=O)O)c(Cl)c1)c1ccccc1. The van der Waals surface area contributed by atoms with Crippen LogP contribution >= 0.6 is 30.6 Å². The van der Waals surface area contributed by atoms with E-state index in [-0.39, 0.29) is 33.1 Å². The van der Waals surface area contributed by atoms with Crippen LogP contribution in [0.15, 0.2) is 71.6 Å². The van der Waals surface area contributed by atoms with Crippen molar-refractivity contribution >= 4 is 57.6 Å². The van der Waals surface area contributed by atoms with Gasteiger partial charge in [-0.2, -0.15) is 0 Å². The Morgan fingerprint density at radius 3 is 2.18 bits per heavy atom. The van der Waals surface area contributed by atoms with Gasteiger partial charge in [0.05, 0.1) is 20.5 Å². The molecular weight excluding hydrogens is 572 g/mol. The number of rotatable bonds is 11. The molecule has 8 nitrogen and oxygen atoms in total. The Kier molecular flexibility index (Phi) is 9.79. The average molecular weight is 598 g/mol. The fraction of sp³-hybridized carbons (Fsp3) is 0.231. The van der Waals surface area contributed by atoms with Crippen LogP contribution in [0.2, 0.25) is 10.0 Å². The molecule has 0 fully saturated rings. The van der Waals surface area contributed by atoms with E-state index in [0.29, 0.717) is 22.9 Å². The molecule has 202 valence electrons. The molecule has 0 radical (unpaired) electrons. The molecule has 0 aliphatic carbocycles. The first-order valence-corrected chi connectivity index (χ1v) is 15.8. The maximum Gasteiger partial charge on any atom is 0.326 e. The number of carboxylic acid groups (broad SMARTS) is 1. The van der Waals surface area contributed by atoms with Crippen LogP contribution in [0, 0.1) is 0 Å². The van der Waals surface area contributed by atoms with Crippen molar-refractivity contribution in [3.05, 3.63) is 93.5 Å². The summed E-state index contributed by atoms with van der Waals surface area (Å²) in [5.41, 5.74) is 0.928. The van der Waals surface area contributed by atoms with Crippen LogP contribution in [0.1, 0.15) is 21.5 Å². The Morgan fingerprint density at radius 2 is 1.63 bits per heavy atom. The van der Waals surface area contributed by atoms with Crippen molar-refractivity contribution in [3.63, 3.8) is 0 Å². The minimum absolute atomic E-state index is 0.000160. The van der Waals surface area contributed by atoms with E-state index in [1.807, 2.05) is 6.07 Å². The van der Waals surface area contributed by atoms with Crippen LogP contribution in [-0.2, 0) is 36.6 Å². The molecule has 3 aromatic rings. The number of nitrogens with one attached hydrogen (secondary N) is 1. The number of halogens is 2. The van der Waals surface area contributed by atoms with Gasteiger partial charge in [-0.1, -0.05) is 53.5 Å². The molecule has 0 aliphatic heterocycles. The van der Waals surface area contributed by atoms with Gasteiger partial charge in [0.25, 0.3) is 5.91 Å². The molecule has 0 saturated carbocycles. The van der Waals surface area contributed by atoms with Gasteiger partial charge < -0.3 is 14.9 Å². The summed E-state index contributed by atoms with van der Waals surface area (Å²) in [6, 6.07) is 16.3. The molecule has 2 unspecified atom stereocenters. The predicted octanol–water partition coefficient (Wildman–Crippen LogP) is 4.62. The Bertz CT molecular complexity index is 1470. The second-order valence-electron chi connectivity index (χ2n) is 8.59. The molecule has 38 heavy (non-hydrogen) atoms. The van der Waals surface area contributed by atoms with E-state index < -0.39 is 35.1 Å². The number of carboxylic acids is 1. The number of aliphatic carboxylic acids is 1. The summed E-state index contributed by atoms with van der Waals surface area (Å²) in [6.07, 6.45) is 1.37. The zero-order valence-corrected chi connectivity index (χ0v) is 23.8. The van der Waals surface area contributed by atoms with Gasteiger partial charge in [0.1, 0.15) is 6.04 Å². The van der Waals surface area contributed by atoms with Crippen molar-refractivity contribution in [2.24, 2.45) is 0 Å². The lowest BCUT2D eigenvalue weighted by atomic mass is 10.0. The number of carbonyl (C=O) groups is 2. The van der Waals surface area contributed by atoms with Gasteiger partial charge in [0.15, 0.2) is 9.84 Å². The van der Waals surface area contributed by atoms with Crippen LogP contribution < -0.4 is 10.6 Å². The summed E-state index contributed by atoms with van der Waals surface area (Å²) in [4.78, 5) is 24.9. The fourth-order valence-electron chi connectivity index (χ4n) is 3.81. The highest BCUT2D eigenvalue weighted by molar-refractivity contribution is 7.90. The molecule has 0 bridgehead atoms. The van der Waals surface area contributed by atoms with Crippen LogP contribution in [0.5, 0.6) is 0 Å². The third kappa shape index (κ3) is 7.46. The third-order valence-electron chi connectivity index (χ3n) is 5.84. The van der Waals surface area contributed by atoms with Crippen molar-refractivity contribution in [1.29, 1.82) is 0 Å². The topological polar surface area (TPSA) is 127 Å². The smallest absolute Gasteiger partial charge is 0.326 e. The quantitative estimate of drug-likeness (QED) is 0.309. The van der Waals surface area contributed by atoms with Crippen LogP contribution in [0.25, 0.3) is 0 Å². The Labute approximate surface area is 231 Å². The van der Waals surface area contributed by atoms with Gasteiger partial charge in [-0.3, -0.25) is 9.36 Å². The zero-order chi connectivity index (χ0) is 28.1. The molecule has 0 aromatic heterocycles. The standard InChI is InChI=1S/C26H26Cl2NO7PS/c1-36-37(33,19-8-4-3-5-9-19)12-11-18-14-21(27)24(22(28)15-18)25(30)29-23(26(31)32)16-17-7-6-10-20(13-17)38(2,34)35/h3-10,13-15,23H,11-12,16H2,1-2H3,(H,29,30)(H,31,32). The van der Waals surface area contributed by atoms with Crippen LogP contribution in [0.3, 0.4) is 0 Å². The molecule has 0 saturated heterocycles. The highest BCUT2D eigenvalue weighted by atomic mass is 35.5. The second kappa shape index (κ2) is 12.5. The average Bonchev–Trinajstić information content (AvgIpc) is 2.86. The number of amides is 1. The molecule has 0 heterocycles. The Balaban J connectivity index is 1.77. The highest BCUT2D eigenvalue weighted by Gasteiger charge is 2.27. The number of aryl methyl sites for hydroxylation is 1. The van der Waals surface area contributed by atoms with E-state index in [4.69, 9.17) is 27.7 Å². The van der Waals surface area contributed by atoms with E-state index in [2.05, 4.69) is 5.32 Å². The molecule has 0 spiro atoms. The zero-order valence-electron chi connectivity index (χ0n) is 20.6. The van der Waals surface area contributed by atoms with Crippen molar-refractivity contribution in [2.75, 3.05) is 19.5 Å². The summed E-state index contributed by atoms with van der Waals surface area (Å²) in [5.74, 6) is -2.12. The summed E-state index contributed by atoms with van der Waals surface area (Å²) in [5, 5.41) is 12.7. The largest absolute Gasteiger partial charge is 0.480 e. The summed E-state index contributed by atoms with van der Waals surface area (Å²) in [7, 11) is -5.23. The third-order valence-corrected chi connectivity index (χ3v) is 10.0. The lowest BCUT2D eigenvalue weighted by Gasteiger charge is -2.18. The Hall–Kier alpha value is -2.68. The van der Waals surface area contributed by atoms with Gasteiger partial charge in [-0.15, -0.1) is 0 Å². The van der Waals surface area contributed by atoms with E-state index in [1.165, 1.54) is 37.4 Å². The monoisotopic (exact) mass is 597 g/mol. The summed E-state index contributed by atoms with van der Waals surface area (Å²) >= 11 is 12.7. The van der Waals surface area contributed by atoms with Gasteiger partial charge in [0, 0.05) is 31.3 Å². The molecule has 12 heteroatoms. The van der Waals surface area contributed by atoms with Crippen LogP contribution in [-0.4, -0.2) is 51.0 Å². The maximum absolute atomic E-state index is 13.3. The number of carbonyl (C=O) groups excluding carboxylic acids is 1. The number of hydrogen-bond donors (Lipinski definition) is 2. The lowest BCUT2D eigenvalue weighted by molar-refractivity contribution is -0.139. The Morgan fingerprint density at radius 1 is 1.00 bits per heavy atom. The van der Waals surface area contributed by atoms with Gasteiger partial charge in [0.2, 0.25) is 7.37 Å². The molecule has 1 amide bonds. The molecule has 2 N–H and O–H groups in total. The summed E-state index contributed by atoms with van der Waals surface area (Å²) < 4.78 is 42.3. The first-order chi connectivity index (χ1) is 17.8. The fourth-order valence-corrected chi connectivity index (χ4v) is 7.04. The lowest BCUT2D eigenvalue weighted by Crippen LogP contribution is -2.42. The van der Waals surface area contributed by atoms with Gasteiger partial charge in [-0.05, 0) is 53.9 Å². The minimum atomic E-state index is -3.49. The van der Waals surface area contributed by atoms with E-state index >= 15 is 0 Å². The van der Waals surface area contributed by atoms with Crippen molar-refractivity contribution in [1.82, 2.24) is 5.32 Å².